The molecule has 1 fully saturated rings. The van der Waals surface area contributed by atoms with Crippen LogP contribution in [0.15, 0.2) is 18.2 Å². The summed E-state index contributed by atoms with van der Waals surface area (Å²) in [5.41, 5.74) is 0.0605. The average Bonchev–Trinajstić information content (AvgIpc) is 3.03. The van der Waals surface area contributed by atoms with E-state index in [0.29, 0.717) is 31.4 Å². The van der Waals surface area contributed by atoms with Crippen LogP contribution in [0.1, 0.15) is 25.3 Å². The SMILES string of the molecule is CCOc1ccc(CC2(C(=O)O)CC2)cc1F. The van der Waals surface area contributed by atoms with Gasteiger partial charge in [0.15, 0.2) is 11.6 Å². The van der Waals surface area contributed by atoms with E-state index in [-0.39, 0.29) is 5.75 Å². The molecule has 0 unspecified atom stereocenters. The van der Waals surface area contributed by atoms with Gasteiger partial charge in [0.2, 0.25) is 0 Å². The van der Waals surface area contributed by atoms with Crippen LogP contribution in [0.5, 0.6) is 5.75 Å². The van der Waals surface area contributed by atoms with Crippen molar-refractivity contribution in [1.29, 1.82) is 0 Å². The summed E-state index contributed by atoms with van der Waals surface area (Å²) >= 11 is 0. The summed E-state index contributed by atoms with van der Waals surface area (Å²) in [5, 5.41) is 9.05. The molecule has 1 aromatic rings. The van der Waals surface area contributed by atoms with E-state index in [1.54, 1.807) is 19.1 Å². The van der Waals surface area contributed by atoms with Crippen LogP contribution in [0, 0.1) is 11.2 Å². The Balaban J connectivity index is 2.13. The molecule has 17 heavy (non-hydrogen) atoms. The maximum Gasteiger partial charge on any atom is 0.309 e. The van der Waals surface area contributed by atoms with Gasteiger partial charge < -0.3 is 9.84 Å². The highest BCUT2D eigenvalue weighted by atomic mass is 19.1. The molecule has 1 N–H and O–H groups in total. The number of hydrogen-bond acceptors (Lipinski definition) is 2. The molecule has 1 aliphatic carbocycles. The second-order valence-corrected chi connectivity index (χ2v) is 4.46. The highest BCUT2D eigenvalue weighted by Gasteiger charge is 2.49. The summed E-state index contributed by atoms with van der Waals surface area (Å²) in [7, 11) is 0. The van der Waals surface area contributed by atoms with Gasteiger partial charge in [-0.1, -0.05) is 6.07 Å². The van der Waals surface area contributed by atoms with Crippen LogP contribution in [0.2, 0.25) is 0 Å². The monoisotopic (exact) mass is 238 g/mol. The predicted octanol–water partition coefficient (Wildman–Crippen LogP) is 2.63. The Kier molecular flexibility index (Phi) is 3.05. The number of ether oxygens (including phenoxy) is 1. The highest BCUT2D eigenvalue weighted by Crippen LogP contribution is 2.48. The lowest BCUT2D eigenvalue weighted by Gasteiger charge is -2.11. The van der Waals surface area contributed by atoms with Crippen molar-refractivity contribution in [2.45, 2.75) is 26.2 Å². The molecular formula is C13H15FO3. The van der Waals surface area contributed by atoms with E-state index < -0.39 is 17.2 Å². The molecule has 0 spiro atoms. The highest BCUT2D eigenvalue weighted by molar-refractivity contribution is 5.78. The first-order chi connectivity index (χ1) is 8.07. The van der Waals surface area contributed by atoms with Crippen molar-refractivity contribution in [3.63, 3.8) is 0 Å². The Morgan fingerprint density at radius 1 is 1.53 bits per heavy atom. The van der Waals surface area contributed by atoms with E-state index in [1.165, 1.54) is 6.07 Å². The molecule has 1 aromatic carbocycles. The number of rotatable bonds is 5. The number of halogens is 1. The predicted molar refractivity (Wildman–Crippen MR) is 60.6 cm³/mol. The van der Waals surface area contributed by atoms with Crippen LogP contribution in [-0.4, -0.2) is 17.7 Å². The number of hydrogen-bond donors (Lipinski definition) is 1. The maximum absolute atomic E-state index is 13.6. The van der Waals surface area contributed by atoms with Gasteiger partial charge in [-0.05, 0) is 43.9 Å². The van der Waals surface area contributed by atoms with Gasteiger partial charge in [0, 0.05) is 0 Å². The van der Waals surface area contributed by atoms with Gasteiger partial charge in [-0.25, -0.2) is 4.39 Å². The van der Waals surface area contributed by atoms with Crippen molar-refractivity contribution < 1.29 is 19.0 Å². The van der Waals surface area contributed by atoms with Gasteiger partial charge in [0.1, 0.15) is 0 Å². The van der Waals surface area contributed by atoms with E-state index >= 15 is 0 Å². The summed E-state index contributed by atoms with van der Waals surface area (Å²) in [4.78, 5) is 11.0. The molecule has 0 heterocycles. The molecule has 0 atom stereocenters. The van der Waals surface area contributed by atoms with Gasteiger partial charge in [-0.15, -0.1) is 0 Å². The zero-order valence-corrected chi connectivity index (χ0v) is 9.70. The fraction of sp³-hybridized carbons (Fsp3) is 0.462. The molecule has 0 bridgehead atoms. The molecule has 0 saturated heterocycles. The molecule has 0 amide bonds. The van der Waals surface area contributed by atoms with Crippen LogP contribution in [0.4, 0.5) is 4.39 Å². The van der Waals surface area contributed by atoms with Crippen molar-refractivity contribution in [3.8, 4) is 5.75 Å². The van der Waals surface area contributed by atoms with Crippen molar-refractivity contribution in [3.05, 3.63) is 29.6 Å². The fourth-order valence-corrected chi connectivity index (χ4v) is 1.93. The fourth-order valence-electron chi connectivity index (χ4n) is 1.93. The number of carboxylic acids is 1. The maximum atomic E-state index is 13.6. The summed E-state index contributed by atoms with van der Waals surface area (Å²) < 4.78 is 18.7. The van der Waals surface area contributed by atoms with E-state index in [9.17, 15) is 9.18 Å². The molecule has 2 rings (SSSR count). The summed E-state index contributed by atoms with van der Waals surface area (Å²) in [6.07, 6.45) is 1.75. The summed E-state index contributed by atoms with van der Waals surface area (Å²) in [6, 6.07) is 4.66. The standard InChI is InChI=1S/C13H15FO3/c1-2-17-11-4-3-9(7-10(11)14)8-13(5-6-13)12(15)16/h3-4,7H,2,5-6,8H2,1H3,(H,15,16). The molecule has 3 nitrogen and oxygen atoms in total. The molecule has 92 valence electrons. The normalized spacial score (nSPS) is 16.6. The van der Waals surface area contributed by atoms with Crippen molar-refractivity contribution in [2.24, 2.45) is 5.41 Å². The zero-order chi connectivity index (χ0) is 12.5. The second kappa shape index (κ2) is 4.35. The van der Waals surface area contributed by atoms with Gasteiger partial charge in [-0.3, -0.25) is 4.79 Å². The Labute approximate surface area is 99.2 Å². The molecular weight excluding hydrogens is 223 g/mol. The lowest BCUT2D eigenvalue weighted by atomic mass is 9.96. The number of carbonyl (C=O) groups is 1. The van der Waals surface area contributed by atoms with Crippen LogP contribution >= 0.6 is 0 Å². The zero-order valence-electron chi connectivity index (χ0n) is 9.70. The van der Waals surface area contributed by atoms with Gasteiger partial charge in [0.25, 0.3) is 0 Å². The quantitative estimate of drug-likeness (QED) is 0.857. The van der Waals surface area contributed by atoms with E-state index in [0.717, 1.165) is 0 Å². The third-order valence-corrected chi connectivity index (χ3v) is 3.15. The molecule has 0 aromatic heterocycles. The second-order valence-electron chi connectivity index (χ2n) is 4.46. The minimum absolute atomic E-state index is 0.219. The first-order valence-corrected chi connectivity index (χ1v) is 5.72. The molecule has 0 aliphatic heterocycles. The van der Waals surface area contributed by atoms with E-state index in [1.807, 2.05) is 0 Å². The van der Waals surface area contributed by atoms with E-state index in [2.05, 4.69) is 0 Å². The van der Waals surface area contributed by atoms with Crippen LogP contribution in [-0.2, 0) is 11.2 Å². The minimum atomic E-state index is -0.785. The summed E-state index contributed by atoms with van der Waals surface area (Å²) in [5.74, 6) is -0.992. The Bertz CT molecular complexity index is 438. The Morgan fingerprint density at radius 2 is 2.24 bits per heavy atom. The van der Waals surface area contributed by atoms with Crippen molar-refractivity contribution >= 4 is 5.97 Å². The van der Waals surface area contributed by atoms with Crippen LogP contribution in [0.3, 0.4) is 0 Å². The first kappa shape index (κ1) is 11.9. The molecule has 0 radical (unpaired) electrons. The number of carboxylic acid groups (broad SMARTS) is 1. The summed E-state index contributed by atoms with van der Waals surface area (Å²) in [6.45, 7) is 2.20. The van der Waals surface area contributed by atoms with Crippen molar-refractivity contribution in [1.82, 2.24) is 0 Å². The van der Waals surface area contributed by atoms with Gasteiger partial charge >= 0.3 is 5.97 Å². The lowest BCUT2D eigenvalue weighted by Crippen LogP contribution is -2.17. The van der Waals surface area contributed by atoms with Crippen molar-refractivity contribution in [2.75, 3.05) is 6.61 Å². The number of aliphatic carboxylic acids is 1. The van der Waals surface area contributed by atoms with Crippen LogP contribution < -0.4 is 4.74 Å². The smallest absolute Gasteiger partial charge is 0.309 e. The first-order valence-electron chi connectivity index (χ1n) is 5.72. The molecule has 1 aliphatic rings. The number of benzene rings is 1. The molecule has 4 heteroatoms. The van der Waals surface area contributed by atoms with E-state index in [4.69, 9.17) is 9.84 Å². The minimum Gasteiger partial charge on any atom is -0.491 e. The molecule has 1 saturated carbocycles. The third-order valence-electron chi connectivity index (χ3n) is 3.15. The largest absolute Gasteiger partial charge is 0.491 e. The van der Waals surface area contributed by atoms with Gasteiger partial charge in [0.05, 0.1) is 12.0 Å². The van der Waals surface area contributed by atoms with Gasteiger partial charge in [-0.2, -0.15) is 0 Å². The lowest BCUT2D eigenvalue weighted by molar-refractivity contribution is -0.143. The average molecular weight is 238 g/mol. The third kappa shape index (κ3) is 2.40. The van der Waals surface area contributed by atoms with Crippen LogP contribution in [0.25, 0.3) is 0 Å². The topological polar surface area (TPSA) is 46.5 Å². The Morgan fingerprint density at radius 3 is 2.71 bits per heavy atom. The Hall–Kier alpha value is -1.58.